The number of nitrogens with zero attached hydrogens (tertiary/aromatic N) is 3. The fourth-order valence-electron chi connectivity index (χ4n) is 2.11. The van der Waals surface area contributed by atoms with Gasteiger partial charge in [-0.3, -0.25) is 4.98 Å². The van der Waals surface area contributed by atoms with E-state index in [2.05, 4.69) is 27.3 Å². The van der Waals surface area contributed by atoms with Crippen LogP contribution in [0.15, 0.2) is 24.5 Å². The molecule has 1 aliphatic heterocycles. The van der Waals surface area contributed by atoms with Gasteiger partial charge in [-0.25, -0.2) is 15.4 Å². The zero-order chi connectivity index (χ0) is 13.8. The molecule has 20 heavy (non-hydrogen) atoms. The number of aromatic nitrogens is 2. The molecule has 0 spiro atoms. The van der Waals surface area contributed by atoms with Gasteiger partial charge in [-0.15, -0.1) is 11.3 Å². The number of ether oxygens (including phenoxy) is 1. The third-order valence-electron chi connectivity index (χ3n) is 3.28. The molecular formula is C14H18N4OS. The normalized spacial score (nSPS) is 16.4. The first-order valence-corrected chi connectivity index (χ1v) is 7.57. The van der Waals surface area contributed by atoms with Gasteiger partial charge in [0.15, 0.2) is 0 Å². The molecule has 0 amide bonds. The molecule has 1 saturated heterocycles. The number of rotatable bonds is 4. The molecule has 1 fully saturated rings. The van der Waals surface area contributed by atoms with Crippen LogP contribution in [-0.2, 0) is 11.3 Å². The molecule has 3 rings (SSSR count). The summed E-state index contributed by atoms with van der Waals surface area (Å²) in [4.78, 5) is 10.1. The summed E-state index contributed by atoms with van der Waals surface area (Å²) < 4.78 is 5.34. The van der Waals surface area contributed by atoms with Gasteiger partial charge in [-0.1, -0.05) is 0 Å². The second kappa shape index (κ2) is 6.41. The largest absolute Gasteiger partial charge is 0.379 e. The van der Waals surface area contributed by atoms with E-state index in [4.69, 9.17) is 4.74 Å². The zero-order valence-electron chi connectivity index (χ0n) is 11.5. The second-order valence-corrected chi connectivity index (χ2v) is 5.79. The topological polar surface area (TPSA) is 50.3 Å². The lowest BCUT2D eigenvalue weighted by Gasteiger charge is -2.27. The molecule has 0 radical (unpaired) electrons. The predicted octanol–water partition coefficient (Wildman–Crippen LogP) is 1.85. The van der Waals surface area contributed by atoms with Gasteiger partial charge < -0.3 is 4.74 Å². The number of morpholine rings is 1. The third-order valence-corrected chi connectivity index (χ3v) is 4.48. The maximum atomic E-state index is 5.34. The molecule has 6 heteroatoms. The van der Waals surface area contributed by atoms with Crippen molar-refractivity contribution in [3.8, 4) is 10.6 Å². The van der Waals surface area contributed by atoms with Crippen LogP contribution in [0.4, 0.5) is 0 Å². The summed E-state index contributed by atoms with van der Waals surface area (Å²) in [6, 6.07) is 3.99. The van der Waals surface area contributed by atoms with Crippen molar-refractivity contribution in [2.75, 3.05) is 26.3 Å². The van der Waals surface area contributed by atoms with Gasteiger partial charge >= 0.3 is 0 Å². The highest BCUT2D eigenvalue weighted by molar-refractivity contribution is 7.15. The molecule has 1 N–H and O–H groups in total. The molecule has 5 nitrogen and oxygen atoms in total. The number of nitrogens with one attached hydrogen (secondary N) is 1. The van der Waals surface area contributed by atoms with E-state index in [0.717, 1.165) is 49.1 Å². The van der Waals surface area contributed by atoms with Crippen LogP contribution in [0.1, 0.15) is 10.6 Å². The fourth-order valence-corrected chi connectivity index (χ4v) is 3.09. The number of hydrazine groups is 1. The van der Waals surface area contributed by atoms with Crippen LogP contribution < -0.4 is 5.43 Å². The summed E-state index contributed by atoms with van der Waals surface area (Å²) >= 11 is 1.73. The number of aryl methyl sites for hydroxylation is 1. The Bertz CT molecular complexity index is 552. The molecule has 0 saturated carbocycles. The minimum atomic E-state index is 0.801. The average Bonchev–Trinajstić information content (AvgIpc) is 2.88. The van der Waals surface area contributed by atoms with E-state index >= 15 is 0 Å². The Hall–Kier alpha value is -1.34. The molecule has 0 unspecified atom stereocenters. The minimum Gasteiger partial charge on any atom is -0.379 e. The fraction of sp³-hybridized carbons (Fsp3) is 0.429. The van der Waals surface area contributed by atoms with Crippen LogP contribution in [0.5, 0.6) is 0 Å². The SMILES string of the molecule is Cc1nc(-c2cccnc2)sc1CNN1CCOCC1. The minimum absolute atomic E-state index is 0.801. The van der Waals surface area contributed by atoms with Crippen LogP contribution in [0.3, 0.4) is 0 Å². The first-order valence-electron chi connectivity index (χ1n) is 6.76. The van der Waals surface area contributed by atoms with E-state index < -0.39 is 0 Å². The van der Waals surface area contributed by atoms with Crippen molar-refractivity contribution >= 4 is 11.3 Å². The summed E-state index contributed by atoms with van der Waals surface area (Å²) in [5, 5.41) is 3.25. The lowest BCUT2D eigenvalue weighted by Crippen LogP contribution is -2.45. The molecule has 0 aromatic carbocycles. The molecule has 1 aliphatic rings. The van der Waals surface area contributed by atoms with Gasteiger partial charge in [-0.2, -0.15) is 0 Å². The Balaban J connectivity index is 1.66. The lowest BCUT2D eigenvalue weighted by molar-refractivity contribution is 0.0107. The molecule has 3 heterocycles. The highest BCUT2D eigenvalue weighted by Crippen LogP contribution is 2.27. The molecule has 2 aromatic rings. The Morgan fingerprint density at radius 2 is 2.25 bits per heavy atom. The van der Waals surface area contributed by atoms with Crippen LogP contribution in [0.25, 0.3) is 10.6 Å². The first-order chi connectivity index (χ1) is 9.83. The van der Waals surface area contributed by atoms with E-state index in [0.29, 0.717) is 0 Å². The molecule has 0 aliphatic carbocycles. The number of hydrogen-bond donors (Lipinski definition) is 1. The van der Waals surface area contributed by atoms with Gasteiger partial charge in [0, 0.05) is 42.5 Å². The van der Waals surface area contributed by atoms with E-state index in [1.807, 2.05) is 18.3 Å². The molecule has 0 bridgehead atoms. The van der Waals surface area contributed by atoms with E-state index in [1.54, 1.807) is 17.5 Å². The van der Waals surface area contributed by atoms with Crippen molar-refractivity contribution in [1.82, 2.24) is 20.4 Å². The number of hydrogen-bond acceptors (Lipinski definition) is 6. The van der Waals surface area contributed by atoms with Gasteiger partial charge in [0.1, 0.15) is 5.01 Å². The van der Waals surface area contributed by atoms with Crippen LogP contribution in [-0.4, -0.2) is 41.3 Å². The third kappa shape index (κ3) is 3.21. The standard InChI is InChI=1S/C14H18N4OS/c1-11-13(10-16-18-5-7-19-8-6-18)20-14(17-11)12-3-2-4-15-9-12/h2-4,9,16H,5-8,10H2,1H3. The zero-order valence-corrected chi connectivity index (χ0v) is 12.3. The van der Waals surface area contributed by atoms with Gasteiger partial charge in [0.05, 0.1) is 18.9 Å². The van der Waals surface area contributed by atoms with Crippen LogP contribution in [0.2, 0.25) is 0 Å². The Morgan fingerprint density at radius 3 is 3.00 bits per heavy atom. The monoisotopic (exact) mass is 290 g/mol. The van der Waals surface area contributed by atoms with Gasteiger partial charge in [0.2, 0.25) is 0 Å². The van der Waals surface area contributed by atoms with E-state index in [9.17, 15) is 0 Å². The second-order valence-electron chi connectivity index (χ2n) is 4.70. The van der Waals surface area contributed by atoms with Crippen molar-refractivity contribution in [3.05, 3.63) is 35.1 Å². The molecule has 2 aromatic heterocycles. The van der Waals surface area contributed by atoms with Crippen molar-refractivity contribution in [2.45, 2.75) is 13.5 Å². The predicted molar refractivity (Wildman–Crippen MR) is 79.3 cm³/mol. The van der Waals surface area contributed by atoms with Crippen molar-refractivity contribution in [3.63, 3.8) is 0 Å². The van der Waals surface area contributed by atoms with Crippen molar-refractivity contribution in [1.29, 1.82) is 0 Å². The quantitative estimate of drug-likeness (QED) is 0.931. The summed E-state index contributed by atoms with van der Waals surface area (Å²) in [5.74, 6) is 0. The highest BCUT2D eigenvalue weighted by Gasteiger charge is 2.13. The smallest absolute Gasteiger partial charge is 0.125 e. The van der Waals surface area contributed by atoms with Crippen LogP contribution >= 0.6 is 11.3 Å². The number of pyridine rings is 1. The number of thiazole rings is 1. The summed E-state index contributed by atoms with van der Waals surface area (Å²) in [5.41, 5.74) is 5.63. The summed E-state index contributed by atoms with van der Waals surface area (Å²) in [7, 11) is 0. The van der Waals surface area contributed by atoms with Crippen molar-refractivity contribution < 1.29 is 4.74 Å². The Kier molecular flexibility index (Phi) is 4.37. The molecule has 106 valence electrons. The summed E-state index contributed by atoms with van der Waals surface area (Å²) in [6.45, 7) is 6.36. The van der Waals surface area contributed by atoms with E-state index in [1.165, 1.54) is 4.88 Å². The first kappa shape index (κ1) is 13.6. The molecule has 0 atom stereocenters. The van der Waals surface area contributed by atoms with E-state index in [-0.39, 0.29) is 0 Å². The Morgan fingerprint density at radius 1 is 1.40 bits per heavy atom. The maximum Gasteiger partial charge on any atom is 0.125 e. The van der Waals surface area contributed by atoms with Crippen LogP contribution in [0, 0.1) is 6.92 Å². The molecular weight excluding hydrogens is 272 g/mol. The van der Waals surface area contributed by atoms with Crippen molar-refractivity contribution in [2.24, 2.45) is 0 Å². The summed E-state index contributed by atoms with van der Waals surface area (Å²) in [6.07, 6.45) is 3.64. The maximum absolute atomic E-state index is 5.34. The Labute approximate surface area is 122 Å². The van der Waals surface area contributed by atoms with Gasteiger partial charge in [0.25, 0.3) is 0 Å². The highest BCUT2D eigenvalue weighted by atomic mass is 32.1. The average molecular weight is 290 g/mol. The lowest BCUT2D eigenvalue weighted by atomic mass is 10.3. The van der Waals surface area contributed by atoms with Gasteiger partial charge in [-0.05, 0) is 19.1 Å².